The van der Waals surface area contributed by atoms with Gasteiger partial charge >= 0.3 is 0 Å². The topological polar surface area (TPSA) is 86.3 Å². The number of rotatable bonds is 11. The largest absolute Gasteiger partial charge is 0.497 e. The van der Waals surface area contributed by atoms with Gasteiger partial charge in [-0.25, -0.2) is 0 Å². The Bertz CT molecular complexity index is 1080. The summed E-state index contributed by atoms with van der Waals surface area (Å²) in [5.41, 5.74) is 1.13. The molecule has 0 atom stereocenters. The van der Waals surface area contributed by atoms with E-state index in [9.17, 15) is 9.59 Å². The lowest BCUT2D eigenvalue weighted by Crippen LogP contribution is -2.30. The second-order valence-corrected chi connectivity index (χ2v) is 7.34. The number of ether oxygens (including phenoxy) is 4. The fraction of sp³-hybridized carbons (Fsp3) is 0.231. The number of hydrogen-bond acceptors (Lipinski definition) is 6. The molecular formula is C26H28N2O6. The Morgan fingerprint density at radius 1 is 0.794 bits per heavy atom. The monoisotopic (exact) mass is 464 g/mol. The minimum atomic E-state index is -0.301. The highest BCUT2D eigenvalue weighted by Gasteiger charge is 2.12. The first-order chi connectivity index (χ1) is 16.5. The van der Waals surface area contributed by atoms with E-state index in [0.29, 0.717) is 41.7 Å². The number of nitrogens with one attached hydrogen (secondary N) is 1. The number of amides is 2. The minimum absolute atomic E-state index is 0.138. The number of nitrogens with zero attached hydrogens (tertiary/aromatic N) is 1. The summed E-state index contributed by atoms with van der Waals surface area (Å²) in [7, 11) is 4.88. The normalized spacial score (nSPS) is 10.2. The van der Waals surface area contributed by atoms with Crippen LogP contribution in [0.1, 0.15) is 10.4 Å². The summed E-state index contributed by atoms with van der Waals surface area (Å²) in [6.45, 7) is 0.624. The number of methoxy groups -OCH3 is 2. The van der Waals surface area contributed by atoms with Crippen molar-refractivity contribution < 1.29 is 28.5 Å². The third-order valence-electron chi connectivity index (χ3n) is 4.93. The molecule has 3 rings (SSSR count). The lowest BCUT2D eigenvalue weighted by molar-refractivity contribution is -0.118. The lowest BCUT2D eigenvalue weighted by atomic mass is 10.2. The van der Waals surface area contributed by atoms with Crippen LogP contribution in [0.15, 0.2) is 72.8 Å². The van der Waals surface area contributed by atoms with Crippen molar-refractivity contribution in [3.05, 3.63) is 78.4 Å². The van der Waals surface area contributed by atoms with Gasteiger partial charge in [0.15, 0.2) is 6.61 Å². The van der Waals surface area contributed by atoms with Crippen molar-refractivity contribution in [2.45, 2.75) is 0 Å². The molecule has 0 spiro atoms. The molecule has 0 heterocycles. The Kier molecular flexibility index (Phi) is 8.73. The van der Waals surface area contributed by atoms with Crippen molar-refractivity contribution in [3.8, 4) is 23.0 Å². The quantitative estimate of drug-likeness (QED) is 0.464. The molecule has 34 heavy (non-hydrogen) atoms. The first kappa shape index (κ1) is 24.4. The Morgan fingerprint density at radius 3 is 2.09 bits per heavy atom. The molecule has 0 aliphatic heterocycles. The Balaban J connectivity index is 1.43. The summed E-state index contributed by atoms with van der Waals surface area (Å²) in [5.74, 6) is 2.16. The van der Waals surface area contributed by atoms with E-state index in [-0.39, 0.29) is 18.4 Å². The van der Waals surface area contributed by atoms with E-state index in [4.69, 9.17) is 18.9 Å². The molecule has 0 aromatic heterocycles. The molecule has 8 nitrogen and oxygen atoms in total. The van der Waals surface area contributed by atoms with Gasteiger partial charge in [-0.3, -0.25) is 9.59 Å². The van der Waals surface area contributed by atoms with Crippen LogP contribution in [0.25, 0.3) is 0 Å². The zero-order valence-corrected chi connectivity index (χ0v) is 19.4. The lowest BCUT2D eigenvalue weighted by Gasteiger charge is -2.18. The van der Waals surface area contributed by atoms with E-state index >= 15 is 0 Å². The number of anilines is 1. The number of carbonyl (C=O) groups excluding carboxylic acids is 2. The maximum absolute atomic E-state index is 12.6. The zero-order valence-electron chi connectivity index (χ0n) is 19.4. The molecule has 0 bridgehead atoms. The number of carbonyl (C=O) groups is 2. The van der Waals surface area contributed by atoms with Crippen molar-refractivity contribution in [2.24, 2.45) is 0 Å². The van der Waals surface area contributed by atoms with Crippen LogP contribution in [0.4, 0.5) is 5.69 Å². The third-order valence-corrected chi connectivity index (χ3v) is 4.93. The van der Waals surface area contributed by atoms with Gasteiger partial charge in [0.25, 0.3) is 11.8 Å². The highest BCUT2D eigenvalue weighted by molar-refractivity contribution is 5.94. The highest BCUT2D eigenvalue weighted by atomic mass is 16.5. The Morgan fingerprint density at radius 2 is 1.41 bits per heavy atom. The average Bonchev–Trinajstić information content (AvgIpc) is 2.87. The van der Waals surface area contributed by atoms with Crippen molar-refractivity contribution >= 4 is 17.5 Å². The van der Waals surface area contributed by atoms with Crippen LogP contribution in [-0.4, -0.2) is 57.7 Å². The Labute approximate surface area is 199 Å². The maximum atomic E-state index is 12.6. The van der Waals surface area contributed by atoms with Gasteiger partial charge in [0.2, 0.25) is 0 Å². The summed E-state index contributed by atoms with van der Waals surface area (Å²) in [5, 5.41) is 2.75. The number of benzene rings is 3. The smallest absolute Gasteiger partial charge is 0.262 e. The van der Waals surface area contributed by atoms with E-state index in [1.54, 1.807) is 74.7 Å². The highest BCUT2D eigenvalue weighted by Crippen LogP contribution is 2.18. The fourth-order valence-electron chi connectivity index (χ4n) is 3.03. The SMILES string of the molecule is COc1ccc(OCCN(C)C(=O)c2ccc(OCC(=O)Nc3cccc(OC)c3)cc2)cc1. The summed E-state index contributed by atoms with van der Waals surface area (Å²) in [6.07, 6.45) is 0. The summed E-state index contributed by atoms with van der Waals surface area (Å²) >= 11 is 0. The zero-order chi connectivity index (χ0) is 24.3. The molecule has 0 radical (unpaired) electrons. The van der Waals surface area contributed by atoms with Crippen LogP contribution in [0.5, 0.6) is 23.0 Å². The van der Waals surface area contributed by atoms with Gasteiger partial charge in [-0.1, -0.05) is 6.07 Å². The third kappa shape index (κ3) is 7.16. The molecule has 0 aliphatic carbocycles. The summed E-state index contributed by atoms with van der Waals surface area (Å²) in [6, 6.07) is 21.0. The molecule has 0 saturated carbocycles. The molecule has 8 heteroatoms. The van der Waals surface area contributed by atoms with Crippen LogP contribution >= 0.6 is 0 Å². The van der Waals surface area contributed by atoms with Crippen molar-refractivity contribution in [3.63, 3.8) is 0 Å². The van der Waals surface area contributed by atoms with Crippen LogP contribution in [0.3, 0.4) is 0 Å². The predicted octanol–water partition coefficient (Wildman–Crippen LogP) is 3.87. The molecule has 3 aromatic rings. The van der Waals surface area contributed by atoms with E-state index in [2.05, 4.69) is 5.32 Å². The minimum Gasteiger partial charge on any atom is -0.497 e. The van der Waals surface area contributed by atoms with Crippen LogP contribution in [0.2, 0.25) is 0 Å². The van der Waals surface area contributed by atoms with E-state index in [1.165, 1.54) is 0 Å². The molecule has 178 valence electrons. The van der Waals surface area contributed by atoms with Gasteiger partial charge in [-0.15, -0.1) is 0 Å². The molecule has 2 amide bonds. The fourth-order valence-corrected chi connectivity index (χ4v) is 3.03. The molecule has 0 unspecified atom stereocenters. The van der Waals surface area contributed by atoms with Gasteiger partial charge < -0.3 is 29.2 Å². The average molecular weight is 465 g/mol. The number of hydrogen-bond donors (Lipinski definition) is 1. The molecule has 0 saturated heterocycles. The van der Waals surface area contributed by atoms with E-state index in [0.717, 1.165) is 5.75 Å². The van der Waals surface area contributed by atoms with Gasteiger partial charge in [-0.05, 0) is 60.7 Å². The molecule has 3 aromatic carbocycles. The second-order valence-electron chi connectivity index (χ2n) is 7.34. The van der Waals surface area contributed by atoms with Crippen molar-refractivity contribution in [1.29, 1.82) is 0 Å². The van der Waals surface area contributed by atoms with Crippen molar-refractivity contribution in [2.75, 3.05) is 46.3 Å². The van der Waals surface area contributed by atoms with Gasteiger partial charge in [0, 0.05) is 24.4 Å². The number of likely N-dealkylation sites (N-methyl/N-ethyl adjacent to an activating group) is 1. The van der Waals surface area contributed by atoms with Crippen molar-refractivity contribution in [1.82, 2.24) is 4.90 Å². The first-order valence-corrected chi connectivity index (χ1v) is 10.7. The van der Waals surface area contributed by atoms with E-state index < -0.39 is 0 Å². The summed E-state index contributed by atoms with van der Waals surface area (Å²) < 4.78 is 21.5. The predicted molar refractivity (Wildman–Crippen MR) is 129 cm³/mol. The van der Waals surface area contributed by atoms with E-state index in [1.807, 2.05) is 24.3 Å². The molecule has 0 aliphatic rings. The Hall–Kier alpha value is -4.20. The van der Waals surface area contributed by atoms with Crippen LogP contribution in [0, 0.1) is 0 Å². The standard InChI is InChI=1S/C26H28N2O6/c1-28(15-16-33-22-13-11-21(31-2)12-14-22)26(30)19-7-9-23(10-8-19)34-18-25(29)27-20-5-4-6-24(17-20)32-3/h4-14,17H,15-16,18H2,1-3H3,(H,27,29). The maximum Gasteiger partial charge on any atom is 0.262 e. The van der Waals surface area contributed by atoms with Gasteiger partial charge in [0.1, 0.15) is 29.6 Å². The molecular weight excluding hydrogens is 436 g/mol. The van der Waals surface area contributed by atoms with Gasteiger partial charge in [-0.2, -0.15) is 0 Å². The van der Waals surface area contributed by atoms with Gasteiger partial charge in [0.05, 0.1) is 20.8 Å². The van der Waals surface area contributed by atoms with Crippen LogP contribution in [-0.2, 0) is 4.79 Å². The second kappa shape index (κ2) is 12.2. The first-order valence-electron chi connectivity index (χ1n) is 10.7. The molecule has 0 fully saturated rings. The molecule has 1 N–H and O–H groups in total. The summed E-state index contributed by atoms with van der Waals surface area (Å²) in [4.78, 5) is 26.4. The van der Waals surface area contributed by atoms with Crippen LogP contribution < -0.4 is 24.3 Å².